The van der Waals surface area contributed by atoms with E-state index in [2.05, 4.69) is 0 Å². The van der Waals surface area contributed by atoms with Gasteiger partial charge < -0.3 is 0 Å². The number of carbonyl (C=O) groups is 2. The van der Waals surface area contributed by atoms with Gasteiger partial charge in [-0.1, -0.05) is 54.1 Å². The van der Waals surface area contributed by atoms with Crippen molar-refractivity contribution in [1.82, 2.24) is 4.90 Å². The number of benzene rings is 2. The van der Waals surface area contributed by atoms with E-state index in [1.54, 1.807) is 6.08 Å². The number of imide groups is 1. The van der Waals surface area contributed by atoms with Gasteiger partial charge in [-0.3, -0.25) is 14.5 Å². The molecule has 0 radical (unpaired) electrons. The molecule has 116 valence electrons. The largest absolute Gasteiger partial charge is 0.293 e. The Labute approximate surface area is 140 Å². The number of thioether (sulfide) groups is 1. The van der Waals surface area contributed by atoms with Gasteiger partial charge in [0.15, 0.2) is 0 Å². The van der Waals surface area contributed by atoms with E-state index in [1.807, 2.05) is 62.4 Å². The van der Waals surface area contributed by atoms with Gasteiger partial charge in [-0.05, 0) is 48.4 Å². The Morgan fingerprint density at radius 1 is 1.00 bits per heavy atom. The minimum atomic E-state index is -0.219. The van der Waals surface area contributed by atoms with E-state index in [-0.39, 0.29) is 11.1 Å². The van der Waals surface area contributed by atoms with Crippen LogP contribution in [0.3, 0.4) is 0 Å². The normalized spacial score (nSPS) is 16.4. The van der Waals surface area contributed by atoms with Crippen molar-refractivity contribution in [3.8, 4) is 0 Å². The Morgan fingerprint density at radius 2 is 1.70 bits per heavy atom. The zero-order valence-corrected chi connectivity index (χ0v) is 13.9. The molecule has 4 heteroatoms. The second-order valence-corrected chi connectivity index (χ2v) is 6.60. The molecule has 23 heavy (non-hydrogen) atoms. The first-order valence-corrected chi connectivity index (χ1v) is 8.23. The van der Waals surface area contributed by atoms with Gasteiger partial charge in [-0.2, -0.15) is 0 Å². The van der Waals surface area contributed by atoms with E-state index in [0.717, 1.165) is 34.0 Å². The number of aryl methyl sites for hydroxylation is 2. The van der Waals surface area contributed by atoms with Crippen molar-refractivity contribution in [1.29, 1.82) is 0 Å². The molecule has 1 saturated heterocycles. The SMILES string of the molecule is Cc1ccc(/C=C2\SC(=O)N(Cc3ccccc3C)C2=O)cc1. The van der Waals surface area contributed by atoms with E-state index in [4.69, 9.17) is 0 Å². The van der Waals surface area contributed by atoms with E-state index >= 15 is 0 Å². The topological polar surface area (TPSA) is 37.4 Å². The van der Waals surface area contributed by atoms with Gasteiger partial charge in [0.05, 0.1) is 11.4 Å². The van der Waals surface area contributed by atoms with Crippen molar-refractivity contribution in [2.75, 3.05) is 0 Å². The van der Waals surface area contributed by atoms with Gasteiger partial charge in [0.2, 0.25) is 0 Å². The summed E-state index contributed by atoms with van der Waals surface area (Å²) in [7, 11) is 0. The maximum Gasteiger partial charge on any atom is 0.293 e. The van der Waals surface area contributed by atoms with Crippen LogP contribution < -0.4 is 0 Å². The average molecular weight is 323 g/mol. The van der Waals surface area contributed by atoms with E-state index in [9.17, 15) is 9.59 Å². The molecule has 1 aliphatic rings. The van der Waals surface area contributed by atoms with E-state index in [0.29, 0.717) is 11.4 Å². The number of rotatable bonds is 3. The molecule has 3 nitrogen and oxygen atoms in total. The lowest BCUT2D eigenvalue weighted by Crippen LogP contribution is -2.27. The lowest BCUT2D eigenvalue weighted by atomic mass is 10.1. The van der Waals surface area contributed by atoms with Crippen molar-refractivity contribution < 1.29 is 9.59 Å². The minimum absolute atomic E-state index is 0.211. The minimum Gasteiger partial charge on any atom is -0.268 e. The fraction of sp³-hybridized carbons (Fsp3) is 0.158. The fourth-order valence-corrected chi connectivity index (χ4v) is 3.25. The third kappa shape index (κ3) is 3.37. The van der Waals surface area contributed by atoms with Crippen LogP contribution in [0.1, 0.15) is 22.3 Å². The number of nitrogens with zero attached hydrogens (tertiary/aromatic N) is 1. The summed E-state index contributed by atoms with van der Waals surface area (Å²) < 4.78 is 0. The molecule has 3 rings (SSSR count). The highest BCUT2D eigenvalue weighted by molar-refractivity contribution is 8.18. The van der Waals surface area contributed by atoms with Gasteiger partial charge >= 0.3 is 0 Å². The second-order valence-electron chi connectivity index (χ2n) is 5.61. The van der Waals surface area contributed by atoms with Crippen LogP contribution in [0.5, 0.6) is 0 Å². The summed E-state index contributed by atoms with van der Waals surface area (Å²) in [6.07, 6.45) is 1.78. The highest BCUT2D eigenvalue weighted by Crippen LogP contribution is 2.33. The molecule has 0 N–H and O–H groups in total. The van der Waals surface area contributed by atoms with Crippen LogP contribution in [0, 0.1) is 13.8 Å². The van der Waals surface area contributed by atoms with Gasteiger partial charge in [0, 0.05) is 0 Å². The Hall–Kier alpha value is -2.33. The molecule has 2 amide bonds. The van der Waals surface area contributed by atoms with Crippen molar-refractivity contribution in [2.45, 2.75) is 20.4 Å². The lowest BCUT2D eigenvalue weighted by Gasteiger charge is -2.14. The first-order chi connectivity index (χ1) is 11.0. The molecule has 2 aromatic carbocycles. The van der Waals surface area contributed by atoms with Crippen LogP contribution >= 0.6 is 11.8 Å². The summed E-state index contributed by atoms with van der Waals surface area (Å²) >= 11 is 1.00. The first-order valence-electron chi connectivity index (χ1n) is 7.41. The summed E-state index contributed by atoms with van der Waals surface area (Å²) in [6, 6.07) is 15.7. The van der Waals surface area contributed by atoms with Gasteiger partial charge in [-0.25, -0.2) is 0 Å². The summed E-state index contributed by atoms with van der Waals surface area (Å²) in [6.45, 7) is 4.32. The fourth-order valence-electron chi connectivity index (χ4n) is 2.41. The van der Waals surface area contributed by atoms with Crippen LogP contribution in [0.15, 0.2) is 53.4 Å². The summed E-state index contributed by atoms with van der Waals surface area (Å²) in [5.74, 6) is -0.219. The van der Waals surface area contributed by atoms with Crippen molar-refractivity contribution in [3.63, 3.8) is 0 Å². The van der Waals surface area contributed by atoms with Crippen molar-refractivity contribution in [3.05, 3.63) is 75.7 Å². The molecule has 1 fully saturated rings. The molecular weight excluding hydrogens is 306 g/mol. The van der Waals surface area contributed by atoms with Gasteiger partial charge in [0.1, 0.15) is 0 Å². The molecule has 1 heterocycles. The second kappa shape index (κ2) is 6.42. The molecule has 0 bridgehead atoms. The monoisotopic (exact) mass is 323 g/mol. The number of amides is 2. The highest BCUT2D eigenvalue weighted by atomic mass is 32.2. The lowest BCUT2D eigenvalue weighted by molar-refractivity contribution is -0.123. The van der Waals surface area contributed by atoms with Crippen LogP contribution in [0.25, 0.3) is 6.08 Å². The quantitative estimate of drug-likeness (QED) is 0.778. The molecule has 0 saturated carbocycles. The Balaban J connectivity index is 1.82. The summed E-state index contributed by atoms with van der Waals surface area (Å²) in [5.41, 5.74) is 4.16. The molecule has 0 aromatic heterocycles. The molecule has 0 aliphatic carbocycles. The van der Waals surface area contributed by atoms with E-state index in [1.165, 1.54) is 4.90 Å². The summed E-state index contributed by atoms with van der Waals surface area (Å²) in [4.78, 5) is 26.5. The number of hydrogen-bond acceptors (Lipinski definition) is 3. The predicted octanol–water partition coefficient (Wildman–Crippen LogP) is 4.54. The molecule has 1 aliphatic heterocycles. The van der Waals surface area contributed by atoms with Crippen molar-refractivity contribution in [2.24, 2.45) is 0 Å². The zero-order chi connectivity index (χ0) is 16.4. The maximum absolute atomic E-state index is 12.5. The van der Waals surface area contributed by atoms with Crippen LogP contribution in [-0.4, -0.2) is 16.0 Å². The Bertz CT molecular complexity index is 793. The number of carbonyl (C=O) groups excluding carboxylic acids is 2. The molecular formula is C19H17NO2S. The third-order valence-corrected chi connectivity index (χ3v) is 4.75. The van der Waals surface area contributed by atoms with Crippen LogP contribution in [0.2, 0.25) is 0 Å². The predicted molar refractivity (Wildman–Crippen MR) is 93.9 cm³/mol. The van der Waals surface area contributed by atoms with Gasteiger partial charge in [-0.15, -0.1) is 0 Å². The standard InChI is InChI=1S/C19H17NO2S/c1-13-7-9-15(10-8-13)11-17-18(21)20(19(22)23-17)12-16-6-4-3-5-14(16)2/h3-11H,12H2,1-2H3/b17-11-. The molecule has 0 spiro atoms. The maximum atomic E-state index is 12.5. The zero-order valence-electron chi connectivity index (χ0n) is 13.1. The first kappa shape index (κ1) is 15.6. The van der Waals surface area contributed by atoms with Crippen molar-refractivity contribution >= 4 is 29.0 Å². The van der Waals surface area contributed by atoms with Gasteiger partial charge in [0.25, 0.3) is 11.1 Å². The van der Waals surface area contributed by atoms with E-state index < -0.39 is 0 Å². The van der Waals surface area contributed by atoms with Crippen LogP contribution in [0.4, 0.5) is 4.79 Å². The Kier molecular flexibility index (Phi) is 4.35. The molecule has 0 atom stereocenters. The smallest absolute Gasteiger partial charge is 0.268 e. The van der Waals surface area contributed by atoms with Crippen LogP contribution in [-0.2, 0) is 11.3 Å². The average Bonchev–Trinajstić information content (AvgIpc) is 2.79. The molecule has 0 unspecified atom stereocenters. The highest BCUT2D eigenvalue weighted by Gasteiger charge is 2.35. The third-order valence-electron chi connectivity index (χ3n) is 3.84. The number of hydrogen-bond donors (Lipinski definition) is 0. The summed E-state index contributed by atoms with van der Waals surface area (Å²) in [5, 5.41) is -0.211. The Morgan fingerprint density at radius 3 is 2.39 bits per heavy atom. The molecule has 2 aromatic rings.